The molecule has 3 rings (SSSR count). The first-order valence-electron chi connectivity index (χ1n) is 9.16. The standard InChI is InChI=1S/C19H22F2N4O4/c1-13-10-16(23-29-13)22-17(26)12-24-6-8-25(9-7-24)18(27)11-14-2-4-15(5-3-14)28-19(20)21/h2-5,10,19H,6-9,11-12H2,1H3,(H,22,23,26). The summed E-state index contributed by atoms with van der Waals surface area (Å²) in [5.74, 6) is 0.817. The van der Waals surface area contributed by atoms with Gasteiger partial charge in [-0.05, 0) is 24.6 Å². The van der Waals surface area contributed by atoms with Gasteiger partial charge < -0.3 is 19.5 Å². The second-order valence-electron chi connectivity index (χ2n) is 6.73. The summed E-state index contributed by atoms with van der Waals surface area (Å²) < 4.78 is 33.6. The molecule has 1 N–H and O–H groups in total. The highest BCUT2D eigenvalue weighted by molar-refractivity contribution is 5.91. The quantitative estimate of drug-likeness (QED) is 0.753. The summed E-state index contributed by atoms with van der Waals surface area (Å²) in [6.07, 6.45) is 0.182. The van der Waals surface area contributed by atoms with Crippen LogP contribution in [0.5, 0.6) is 5.75 Å². The molecule has 10 heteroatoms. The van der Waals surface area contributed by atoms with Crippen LogP contribution in [0.4, 0.5) is 14.6 Å². The highest BCUT2D eigenvalue weighted by atomic mass is 19.3. The molecule has 1 aromatic heterocycles. The van der Waals surface area contributed by atoms with Gasteiger partial charge in [-0.15, -0.1) is 0 Å². The number of halogens is 2. The third-order valence-corrected chi connectivity index (χ3v) is 4.49. The van der Waals surface area contributed by atoms with Crippen LogP contribution in [-0.4, -0.2) is 66.1 Å². The Morgan fingerprint density at radius 1 is 1.21 bits per heavy atom. The Balaban J connectivity index is 1.41. The number of rotatable bonds is 7. The molecule has 1 aromatic carbocycles. The van der Waals surface area contributed by atoms with Gasteiger partial charge in [-0.25, -0.2) is 0 Å². The fraction of sp³-hybridized carbons (Fsp3) is 0.421. The molecule has 0 radical (unpaired) electrons. The van der Waals surface area contributed by atoms with Crippen LogP contribution in [0.25, 0.3) is 0 Å². The molecule has 0 atom stereocenters. The Bertz CT molecular complexity index is 833. The maximum Gasteiger partial charge on any atom is 0.387 e. The van der Waals surface area contributed by atoms with Crippen LogP contribution in [0.2, 0.25) is 0 Å². The molecular formula is C19H22F2N4O4. The molecule has 0 bridgehead atoms. The lowest BCUT2D eigenvalue weighted by atomic mass is 10.1. The highest BCUT2D eigenvalue weighted by Gasteiger charge is 2.22. The average molecular weight is 408 g/mol. The predicted molar refractivity (Wildman–Crippen MR) is 99.7 cm³/mol. The van der Waals surface area contributed by atoms with E-state index in [1.54, 1.807) is 30.0 Å². The number of nitrogens with zero attached hydrogens (tertiary/aromatic N) is 3. The molecule has 1 aliphatic heterocycles. The van der Waals surface area contributed by atoms with Gasteiger partial charge in [-0.2, -0.15) is 8.78 Å². The van der Waals surface area contributed by atoms with Gasteiger partial charge in [0.1, 0.15) is 11.5 Å². The van der Waals surface area contributed by atoms with E-state index in [-0.39, 0.29) is 30.5 Å². The number of ether oxygens (including phenoxy) is 1. The van der Waals surface area contributed by atoms with Crippen molar-refractivity contribution in [1.29, 1.82) is 0 Å². The molecule has 0 saturated carbocycles. The third-order valence-electron chi connectivity index (χ3n) is 4.49. The molecule has 1 aliphatic rings. The Morgan fingerprint density at radius 3 is 2.48 bits per heavy atom. The molecule has 29 heavy (non-hydrogen) atoms. The first-order valence-corrected chi connectivity index (χ1v) is 9.16. The van der Waals surface area contributed by atoms with Crippen LogP contribution in [0.15, 0.2) is 34.9 Å². The van der Waals surface area contributed by atoms with E-state index in [9.17, 15) is 18.4 Å². The van der Waals surface area contributed by atoms with Crippen LogP contribution in [0, 0.1) is 6.92 Å². The molecule has 2 heterocycles. The molecule has 0 spiro atoms. The fourth-order valence-corrected chi connectivity index (χ4v) is 3.04. The first-order chi connectivity index (χ1) is 13.9. The van der Waals surface area contributed by atoms with Crippen molar-refractivity contribution in [3.8, 4) is 5.75 Å². The number of hydrogen-bond acceptors (Lipinski definition) is 6. The molecule has 1 fully saturated rings. The summed E-state index contributed by atoms with van der Waals surface area (Å²) >= 11 is 0. The number of carbonyl (C=O) groups is 2. The van der Waals surface area contributed by atoms with E-state index >= 15 is 0 Å². The van der Waals surface area contributed by atoms with Gasteiger partial charge in [0.2, 0.25) is 11.8 Å². The van der Waals surface area contributed by atoms with Crippen LogP contribution < -0.4 is 10.1 Å². The molecule has 1 saturated heterocycles. The van der Waals surface area contributed by atoms with E-state index in [0.717, 1.165) is 5.56 Å². The summed E-state index contributed by atoms with van der Waals surface area (Å²) in [7, 11) is 0. The summed E-state index contributed by atoms with van der Waals surface area (Å²) in [6, 6.07) is 7.67. The number of hydrogen-bond donors (Lipinski definition) is 1. The Hall–Kier alpha value is -3.01. The van der Waals surface area contributed by atoms with E-state index in [4.69, 9.17) is 4.52 Å². The van der Waals surface area contributed by atoms with Crippen molar-refractivity contribution in [3.05, 3.63) is 41.7 Å². The minimum Gasteiger partial charge on any atom is -0.435 e. The molecule has 2 aromatic rings. The molecule has 0 aliphatic carbocycles. The molecule has 156 valence electrons. The Labute approximate surface area is 166 Å². The summed E-state index contributed by atoms with van der Waals surface area (Å²) in [5, 5.41) is 6.39. The van der Waals surface area contributed by atoms with Crippen molar-refractivity contribution in [3.63, 3.8) is 0 Å². The summed E-state index contributed by atoms with van der Waals surface area (Å²) in [6.45, 7) is 1.27. The summed E-state index contributed by atoms with van der Waals surface area (Å²) in [5.41, 5.74) is 0.723. The number of amides is 2. The molecule has 2 amide bonds. The van der Waals surface area contributed by atoms with Gasteiger partial charge >= 0.3 is 6.61 Å². The van der Waals surface area contributed by atoms with Gasteiger partial charge in [0.15, 0.2) is 5.82 Å². The third kappa shape index (κ3) is 6.24. The number of alkyl halides is 2. The zero-order valence-corrected chi connectivity index (χ0v) is 15.9. The minimum absolute atomic E-state index is 0.0466. The van der Waals surface area contributed by atoms with E-state index in [1.807, 2.05) is 4.90 Å². The lowest BCUT2D eigenvalue weighted by Crippen LogP contribution is -2.50. The Morgan fingerprint density at radius 2 is 1.90 bits per heavy atom. The van der Waals surface area contributed by atoms with Crippen LogP contribution in [0.1, 0.15) is 11.3 Å². The largest absolute Gasteiger partial charge is 0.435 e. The van der Waals surface area contributed by atoms with Crippen molar-refractivity contribution in [2.24, 2.45) is 0 Å². The maximum absolute atomic E-state index is 12.5. The smallest absolute Gasteiger partial charge is 0.387 e. The number of aryl methyl sites for hydroxylation is 1. The zero-order chi connectivity index (χ0) is 20.8. The van der Waals surface area contributed by atoms with Crippen LogP contribution in [-0.2, 0) is 16.0 Å². The SMILES string of the molecule is Cc1cc(NC(=O)CN2CCN(C(=O)Cc3ccc(OC(F)F)cc3)CC2)no1. The van der Waals surface area contributed by atoms with Gasteiger partial charge in [0.25, 0.3) is 0 Å². The lowest BCUT2D eigenvalue weighted by molar-refractivity contribution is -0.132. The van der Waals surface area contributed by atoms with Crippen molar-refractivity contribution < 1.29 is 27.6 Å². The van der Waals surface area contributed by atoms with Crippen LogP contribution in [0.3, 0.4) is 0 Å². The van der Waals surface area contributed by atoms with Crippen molar-refractivity contribution in [2.75, 3.05) is 38.0 Å². The predicted octanol–water partition coefficient (Wildman–Crippen LogP) is 1.91. The van der Waals surface area contributed by atoms with Crippen molar-refractivity contribution in [2.45, 2.75) is 20.0 Å². The van der Waals surface area contributed by atoms with Gasteiger partial charge in [0.05, 0.1) is 13.0 Å². The number of anilines is 1. The van der Waals surface area contributed by atoms with E-state index in [2.05, 4.69) is 15.2 Å². The summed E-state index contributed by atoms with van der Waals surface area (Å²) in [4.78, 5) is 28.2. The first kappa shape index (κ1) is 20.7. The number of carbonyl (C=O) groups excluding carboxylic acids is 2. The Kier molecular flexibility index (Phi) is 6.76. The van der Waals surface area contributed by atoms with E-state index in [0.29, 0.717) is 37.8 Å². The number of piperazine rings is 1. The van der Waals surface area contributed by atoms with Crippen molar-refractivity contribution in [1.82, 2.24) is 15.0 Å². The van der Waals surface area contributed by atoms with E-state index < -0.39 is 6.61 Å². The van der Waals surface area contributed by atoms with Crippen LogP contribution >= 0.6 is 0 Å². The molecular weight excluding hydrogens is 386 g/mol. The second kappa shape index (κ2) is 9.46. The molecule has 0 unspecified atom stereocenters. The number of nitrogens with one attached hydrogen (secondary N) is 1. The zero-order valence-electron chi connectivity index (χ0n) is 15.9. The number of benzene rings is 1. The fourth-order valence-electron chi connectivity index (χ4n) is 3.04. The minimum atomic E-state index is -2.87. The maximum atomic E-state index is 12.5. The van der Waals surface area contributed by atoms with Gasteiger partial charge in [-0.1, -0.05) is 17.3 Å². The topological polar surface area (TPSA) is 87.9 Å². The normalized spacial score (nSPS) is 14.8. The lowest BCUT2D eigenvalue weighted by Gasteiger charge is -2.34. The van der Waals surface area contributed by atoms with Crippen molar-refractivity contribution >= 4 is 17.6 Å². The number of aromatic nitrogens is 1. The highest BCUT2D eigenvalue weighted by Crippen LogP contribution is 2.16. The average Bonchev–Trinajstić information content (AvgIpc) is 3.08. The van der Waals surface area contributed by atoms with Gasteiger partial charge in [-0.3, -0.25) is 14.5 Å². The van der Waals surface area contributed by atoms with Gasteiger partial charge in [0, 0.05) is 32.2 Å². The van der Waals surface area contributed by atoms with E-state index in [1.165, 1.54) is 12.1 Å². The monoisotopic (exact) mass is 408 g/mol. The molecule has 8 nitrogen and oxygen atoms in total. The second-order valence-corrected chi connectivity index (χ2v) is 6.73.